The number of rotatable bonds is 7. The summed E-state index contributed by atoms with van der Waals surface area (Å²) in [6, 6.07) is 0.0359. The summed E-state index contributed by atoms with van der Waals surface area (Å²) in [5, 5.41) is 7.92. The Hall–Kier alpha value is -1.11. The zero-order chi connectivity index (χ0) is 15.3. The zero-order valence-electron chi connectivity index (χ0n) is 13.5. The molecule has 120 valence electrons. The van der Waals surface area contributed by atoms with Gasteiger partial charge in [-0.1, -0.05) is 6.92 Å². The van der Waals surface area contributed by atoms with Crippen LogP contribution in [-0.4, -0.2) is 48.9 Å². The van der Waals surface area contributed by atoms with Crippen molar-refractivity contribution >= 4 is 0 Å². The van der Waals surface area contributed by atoms with Gasteiger partial charge in [0.05, 0.1) is 30.6 Å². The van der Waals surface area contributed by atoms with Crippen LogP contribution < -0.4 is 10.1 Å². The average Bonchev–Trinajstić information content (AvgIpc) is 2.86. The maximum absolute atomic E-state index is 6.22. The Balaban J connectivity index is 2.41. The zero-order valence-corrected chi connectivity index (χ0v) is 13.5. The fourth-order valence-electron chi connectivity index (χ4n) is 3.17. The minimum Gasteiger partial charge on any atom is -0.493 e. The number of hydrogen-bond donors (Lipinski definition) is 1. The predicted molar refractivity (Wildman–Crippen MR) is 80.6 cm³/mol. The molecule has 0 bridgehead atoms. The molecule has 6 heteroatoms. The van der Waals surface area contributed by atoms with Gasteiger partial charge in [-0.15, -0.1) is 0 Å². The fraction of sp³-hybridized carbons (Fsp3) is 0.800. The molecule has 2 rings (SSSR count). The van der Waals surface area contributed by atoms with E-state index in [0.29, 0.717) is 6.61 Å². The fourth-order valence-corrected chi connectivity index (χ4v) is 3.17. The lowest BCUT2D eigenvalue weighted by Crippen LogP contribution is -2.50. The van der Waals surface area contributed by atoms with Crippen LogP contribution in [0.1, 0.15) is 38.4 Å². The Morgan fingerprint density at radius 2 is 2.14 bits per heavy atom. The highest BCUT2D eigenvalue weighted by Crippen LogP contribution is 2.40. The molecule has 0 amide bonds. The molecule has 6 nitrogen and oxygen atoms in total. The van der Waals surface area contributed by atoms with Gasteiger partial charge in [-0.3, -0.25) is 4.68 Å². The van der Waals surface area contributed by atoms with E-state index in [2.05, 4.69) is 17.3 Å². The SMILES string of the molecule is CCNC(c1c(OC)cnn1C)C1(OCC)CCOCC1. The smallest absolute Gasteiger partial charge is 0.161 e. The maximum atomic E-state index is 6.22. The molecule has 1 aromatic heterocycles. The molecule has 1 saturated heterocycles. The Kier molecular flexibility index (Phi) is 5.61. The molecule has 0 aromatic carbocycles. The Morgan fingerprint density at radius 3 is 2.71 bits per heavy atom. The Bertz CT molecular complexity index is 436. The molecule has 1 aliphatic heterocycles. The summed E-state index contributed by atoms with van der Waals surface area (Å²) in [5.41, 5.74) is 0.763. The number of ether oxygens (including phenoxy) is 3. The number of aryl methyl sites for hydroxylation is 1. The summed E-state index contributed by atoms with van der Waals surface area (Å²) in [6.45, 7) is 7.14. The van der Waals surface area contributed by atoms with E-state index in [-0.39, 0.29) is 11.6 Å². The van der Waals surface area contributed by atoms with Gasteiger partial charge in [0, 0.05) is 39.7 Å². The van der Waals surface area contributed by atoms with Crippen molar-refractivity contribution in [3.63, 3.8) is 0 Å². The molecule has 1 unspecified atom stereocenters. The highest BCUT2D eigenvalue weighted by molar-refractivity contribution is 5.31. The molecule has 1 fully saturated rings. The third-order valence-electron chi connectivity index (χ3n) is 4.15. The predicted octanol–water partition coefficient (Wildman–Crippen LogP) is 1.66. The van der Waals surface area contributed by atoms with Crippen molar-refractivity contribution in [2.24, 2.45) is 7.05 Å². The number of aromatic nitrogens is 2. The van der Waals surface area contributed by atoms with Gasteiger partial charge in [-0.25, -0.2) is 0 Å². The molecule has 1 N–H and O–H groups in total. The highest BCUT2D eigenvalue weighted by atomic mass is 16.5. The third-order valence-corrected chi connectivity index (χ3v) is 4.15. The van der Waals surface area contributed by atoms with Gasteiger partial charge >= 0.3 is 0 Å². The molecule has 2 heterocycles. The van der Waals surface area contributed by atoms with Crippen molar-refractivity contribution in [3.8, 4) is 5.75 Å². The molecule has 21 heavy (non-hydrogen) atoms. The Morgan fingerprint density at radius 1 is 1.43 bits per heavy atom. The van der Waals surface area contributed by atoms with Gasteiger partial charge in [-0.2, -0.15) is 5.10 Å². The van der Waals surface area contributed by atoms with Crippen molar-refractivity contribution in [2.75, 3.05) is 33.5 Å². The summed E-state index contributed by atoms with van der Waals surface area (Å²) < 4.78 is 19.1. The van der Waals surface area contributed by atoms with Crippen LogP contribution in [0.5, 0.6) is 5.75 Å². The summed E-state index contributed by atoms with van der Waals surface area (Å²) in [4.78, 5) is 0. The molecule has 1 aliphatic rings. The van der Waals surface area contributed by atoms with Crippen molar-refractivity contribution in [3.05, 3.63) is 11.9 Å². The van der Waals surface area contributed by atoms with E-state index in [1.807, 2.05) is 18.7 Å². The molecule has 1 aromatic rings. The van der Waals surface area contributed by atoms with Crippen molar-refractivity contribution in [1.29, 1.82) is 0 Å². The second-order valence-electron chi connectivity index (χ2n) is 5.32. The molecule has 0 radical (unpaired) electrons. The second kappa shape index (κ2) is 7.24. The number of nitrogens with one attached hydrogen (secondary N) is 1. The van der Waals surface area contributed by atoms with Gasteiger partial charge in [0.1, 0.15) is 0 Å². The van der Waals surface area contributed by atoms with Gasteiger partial charge in [-0.05, 0) is 13.5 Å². The van der Waals surface area contributed by atoms with E-state index >= 15 is 0 Å². The van der Waals surface area contributed by atoms with Crippen LogP contribution in [0.15, 0.2) is 6.20 Å². The summed E-state index contributed by atoms with van der Waals surface area (Å²) in [6.07, 6.45) is 3.50. The van der Waals surface area contributed by atoms with Crippen LogP contribution in [0, 0.1) is 0 Å². The van der Waals surface area contributed by atoms with Crippen molar-refractivity contribution < 1.29 is 14.2 Å². The molecule has 0 spiro atoms. The largest absolute Gasteiger partial charge is 0.493 e. The normalized spacial score (nSPS) is 19.4. The molecular weight excluding hydrogens is 270 g/mol. The van der Waals surface area contributed by atoms with Crippen LogP contribution in [0.25, 0.3) is 0 Å². The van der Waals surface area contributed by atoms with Crippen LogP contribution in [0.2, 0.25) is 0 Å². The highest BCUT2D eigenvalue weighted by Gasteiger charge is 2.44. The number of nitrogens with zero attached hydrogens (tertiary/aromatic N) is 2. The maximum Gasteiger partial charge on any atom is 0.161 e. The average molecular weight is 297 g/mol. The Labute approximate surface area is 126 Å². The van der Waals surface area contributed by atoms with E-state index in [4.69, 9.17) is 14.2 Å². The molecule has 0 aliphatic carbocycles. The lowest BCUT2D eigenvalue weighted by Gasteiger charge is -2.43. The molecule has 0 saturated carbocycles. The first-order valence-electron chi connectivity index (χ1n) is 7.69. The first-order chi connectivity index (χ1) is 10.2. The van der Waals surface area contributed by atoms with Crippen molar-refractivity contribution in [1.82, 2.24) is 15.1 Å². The van der Waals surface area contributed by atoms with Crippen molar-refractivity contribution in [2.45, 2.75) is 38.3 Å². The third kappa shape index (κ3) is 3.22. The van der Waals surface area contributed by atoms with E-state index in [0.717, 1.165) is 44.0 Å². The first kappa shape index (κ1) is 16.3. The lowest BCUT2D eigenvalue weighted by molar-refractivity contribution is -0.129. The van der Waals surface area contributed by atoms with E-state index in [9.17, 15) is 0 Å². The van der Waals surface area contributed by atoms with Crippen LogP contribution in [0.4, 0.5) is 0 Å². The van der Waals surface area contributed by atoms with Gasteiger partial charge in [0.15, 0.2) is 5.75 Å². The van der Waals surface area contributed by atoms with E-state index in [1.165, 1.54) is 0 Å². The van der Waals surface area contributed by atoms with E-state index in [1.54, 1.807) is 13.3 Å². The van der Waals surface area contributed by atoms with Gasteiger partial charge in [0.2, 0.25) is 0 Å². The van der Waals surface area contributed by atoms with Crippen LogP contribution >= 0.6 is 0 Å². The number of hydrogen-bond acceptors (Lipinski definition) is 5. The monoisotopic (exact) mass is 297 g/mol. The first-order valence-corrected chi connectivity index (χ1v) is 7.69. The summed E-state index contributed by atoms with van der Waals surface area (Å²) >= 11 is 0. The standard InChI is InChI=1S/C15H27N3O3/c1-5-16-14(13-12(19-4)11-17-18(13)3)15(21-6-2)7-9-20-10-8-15/h11,14,16H,5-10H2,1-4H3. The van der Waals surface area contributed by atoms with Crippen LogP contribution in [-0.2, 0) is 16.5 Å². The number of likely N-dealkylation sites (N-methyl/N-ethyl adjacent to an activating group) is 1. The minimum absolute atomic E-state index is 0.0359. The van der Waals surface area contributed by atoms with Gasteiger partial charge in [0.25, 0.3) is 0 Å². The van der Waals surface area contributed by atoms with Crippen LogP contribution in [0.3, 0.4) is 0 Å². The van der Waals surface area contributed by atoms with E-state index < -0.39 is 0 Å². The molecular formula is C15H27N3O3. The summed E-state index contributed by atoms with van der Waals surface area (Å²) in [7, 11) is 3.63. The number of methoxy groups -OCH3 is 1. The molecule has 1 atom stereocenters. The van der Waals surface area contributed by atoms with Gasteiger partial charge < -0.3 is 19.5 Å². The lowest BCUT2D eigenvalue weighted by atomic mass is 9.83. The second-order valence-corrected chi connectivity index (χ2v) is 5.32. The topological polar surface area (TPSA) is 57.5 Å². The minimum atomic E-state index is -0.274. The quantitative estimate of drug-likeness (QED) is 0.829. The summed E-state index contributed by atoms with van der Waals surface area (Å²) in [5.74, 6) is 0.800.